The molecule has 1 aliphatic rings. The SMILES string of the molecule is CC(C)(C)NCC(O)c1ccc2c(n1)COC(c1ccccc1)O2.O=C(O)/C=C\C(=O)O. The van der Waals surface area contributed by atoms with E-state index in [0.717, 1.165) is 11.3 Å². The van der Waals surface area contributed by atoms with Gasteiger partial charge in [0.2, 0.25) is 6.29 Å². The van der Waals surface area contributed by atoms with Gasteiger partial charge in [-0.1, -0.05) is 30.3 Å². The van der Waals surface area contributed by atoms with E-state index in [-0.39, 0.29) is 5.54 Å². The van der Waals surface area contributed by atoms with Crippen LogP contribution < -0.4 is 10.1 Å². The number of aliphatic hydroxyl groups excluding tert-OH is 1. The fourth-order valence-corrected chi connectivity index (χ4v) is 2.63. The molecule has 0 radical (unpaired) electrons. The lowest BCUT2D eigenvalue weighted by atomic mass is 10.1. The Morgan fingerprint density at radius 1 is 1.12 bits per heavy atom. The fourth-order valence-electron chi connectivity index (χ4n) is 2.63. The Hall–Kier alpha value is -3.27. The zero-order chi connectivity index (χ0) is 23.7. The number of hydrogen-bond acceptors (Lipinski definition) is 7. The van der Waals surface area contributed by atoms with E-state index < -0.39 is 24.3 Å². The average molecular weight is 444 g/mol. The molecular formula is C23H28N2O7. The number of aliphatic hydroxyl groups is 1. The Bertz CT molecular complexity index is 923. The molecule has 0 saturated carbocycles. The van der Waals surface area contributed by atoms with Crippen molar-refractivity contribution in [3.05, 3.63) is 71.6 Å². The van der Waals surface area contributed by atoms with Gasteiger partial charge in [0.1, 0.15) is 17.5 Å². The third-order valence-electron chi connectivity index (χ3n) is 4.17. The summed E-state index contributed by atoms with van der Waals surface area (Å²) in [4.78, 5) is 23.6. The minimum atomic E-state index is -1.26. The predicted molar refractivity (Wildman–Crippen MR) is 116 cm³/mol. The largest absolute Gasteiger partial charge is 0.478 e. The third kappa shape index (κ3) is 8.46. The van der Waals surface area contributed by atoms with E-state index >= 15 is 0 Å². The molecule has 2 aromatic rings. The quantitative estimate of drug-likeness (QED) is 0.495. The Morgan fingerprint density at radius 3 is 2.31 bits per heavy atom. The lowest BCUT2D eigenvalue weighted by Gasteiger charge is -2.27. The van der Waals surface area contributed by atoms with Crippen molar-refractivity contribution in [1.82, 2.24) is 10.3 Å². The summed E-state index contributed by atoms with van der Waals surface area (Å²) in [5.41, 5.74) is 2.26. The molecule has 32 heavy (non-hydrogen) atoms. The van der Waals surface area contributed by atoms with E-state index in [2.05, 4.69) is 31.1 Å². The van der Waals surface area contributed by atoms with E-state index in [1.54, 1.807) is 6.07 Å². The predicted octanol–water partition coefficient (Wildman–Crippen LogP) is 2.82. The number of carbonyl (C=O) groups is 2. The van der Waals surface area contributed by atoms with Crippen LogP contribution in [-0.2, 0) is 20.9 Å². The first-order chi connectivity index (χ1) is 15.0. The second kappa shape index (κ2) is 11.4. The number of benzene rings is 1. The molecule has 0 spiro atoms. The molecule has 0 saturated heterocycles. The minimum Gasteiger partial charge on any atom is -0.478 e. The van der Waals surface area contributed by atoms with Crippen LogP contribution in [0.1, 0.15) is 50.1 Å². The van der Waals surface area contributed by atoms with E-state index in [1.807, 2.05) is 36.4 Å². The van der Waals surface area contributed by atoms with Gasteiger partial charge in [0.25, 0.3) is 0 Å². The van der Waals surface area contributed by atoms with Crippen molar-refractivity contribution < 1.29 is 34.4 Å². The summed E-state index contributed by atoms with van der Waals surface area (Å²) >= 11 is 0. The van der Waals surface area contributed by atoms with Gasteiger partial charge in [0.15, 0.2) is 0 Å². The molecular weight excluding hydrogens is 416 g/mol. The Kier molecular flexibility index (Phi) is 8.89. The maximum atomic E-state index is 10.3. The second-order valence-corrected chi connectivity index (χ2v) is 8.01. The number of ether oxygens (including phenoxy) is 2. The maximum Gasteiger partial charge on any atom is 0.328 e. The van der Waals surface area contributed by atoms with Crippen molar-refractivity contribution in [2.45, 2.75) is 45.3 Å². The molecule has 0 fully saturated rings. The third-order valence-corrected chi connectivity index (χ3v) is 4.17. The van der Waals surface area contributed by atoms with Crippen molar-refractivity contribution in [3.8, 4) is 5.75 Å². The van der Waals surface area contributed by atoms with Gasteiger partial charge in [0.05, 0.1) is 12.3 Å². The molecule has 9 heteroatoms. The van der Waals surface area contributed by atoms with Crippen LogP contribution in [0.25, 0.3) is 0 Å². The highest BCUT2D eigenvalue weighted by Crippen LogP contribution is 2.32. The maximum absolute atomic E-state index is 10.3. The Morgan fingerprint density at radius 2 is 1.75 bits per heavy atom. The first-order valence-corrected chi connectivity index (χ1v) is 9.95. The molecule has 4 N–H and O–H groups in total. The molecule has 172 valence electrons. The number of aliphatic carboxylic acids is 2. The van der Waals surface area contributed by atoms with Crippen LogP contribution in [0.15, 0.2) is 54.6 Å². The van der Waals surface area contributed by atoms with E-state index in [1.165, 1.54) is 0 Å². The van der Waals surface area contributed by atoms with Crippen LogP contribution in [-0.4, -0.2) is 44.3 Å². The van der Waals surface area contributed by atoms with Crippen LogP contribution in [0.2, 0.25) is 0 Å². The fraction of sp³-hybridized carbons (Fsp3) is 0.348. The molecule has 0 aliphatic carbocycles. The number of β-amino-alcohol motifs (C(OH)–C–C–N with tert-alkyl or cyclic N) is 1. The van der Waals surface area contributed by atoms with E-state index in [9.17, 15) is 14.7 Å². The molecule has 1 aromatic heterocycles. The van der Waals surface area contributed by atoms with Crippen molar-refractivity contribution >= 4 is 11.9 Å². The Balaban J connectivity index is 0.000000390. The number of rotatable bonds is 6. The van der Waals surface area contributed by atoms with Gasteiger partial charge < -0.3 is 30.1 Å². The van der Waals surface area contributed by atoms with E-state index in [4.69, 9.17) is 19.7 Å². The lowest BCUT2D eigenvalue weighted by molar-refractivity contribution is -0.134. The van der Waals surface area contributed by atoms with Gasteiger partial charge in [-0.2, -0.15) is 0 Å². The number of fused-ring (bicyclic) bond motifs is 1. The normalized spacial score (nSPS) is 16.3. The van der Waals surface area contributed by atoms with E-state index in [0.29, 0.717) is 36.7 Å². The number of aromatic nitrogens is 1. The number of pyridine rings is 1. The zero-order valence-corrected chi connectivity index (χ0v) is 18.2. The van der Waals surface area contributed by atoms with Gasteiger partial charge in [-0.25, -0.2) is 14.6 Å². The summed E-state index contributed by atoms with van der Waals surface area (Å²) in [5, 5.41) is 29.2. The van der Waals surface area contributed by atoms with Crippen LogP contribution in [0, 0.1) is 0 Å². The number of carboxylic acids is 2. The first kappa shape index (κ1) is 25.0. The van der Waals surface area contributed by atoms with Gasteiger partial charge in [0, 0.05) is 29.8 Å². The van der Waals surface area contributed by atoms with Crippen molar-refractivity contribution in [1.29, 1.82) is 0 Å². The second-order valence-electron chi connectivity index (χ2n) is 8.01. The lowest BCUT2D eigenvalue weighted by Crippen LogP contribution is -2.38. The summed E-state index contributed by atoms with van der Waals surface area (Å²) in [6.45, 7) is 6.99. The standard InChI is InChI=1S/C19H24N2O3.C4H4O4/c1-19(2,3)20-11-16(22)14-9-10-17-15(21-14)12-23-18(24-17)13-7-5-4-6-8-13;5-3(6)1-2-4(7)8/h4-10,16,18,20,22H,11-12H2,1-3H3;1-2H,(H,5,6)(H,7,8)/b;2-1-. The molecule has 1 aliphatic heterocycles. The van der Waals surface area contributed by atoms with Gasteiger partial charge in [-0.3, -0.25) is 0 Å². The van der Waals surface area contributed by atoms with Crippen LogP contribution >= 0.6 is 0 Å². The molecule has 9 nitrogen and oxygen atoms in total. The van der Waals surface area contributed by atoms with Crippen LogP contribution in [0.5, 0.6) is 5.75 Å². The first-order valence-electron chi connectivity index (χ1n) is 9.95. The van der Waals surface area contributed by atoms with Gasteiger partial charge >= 0.3 is 11.9 Å². The summed E-state index contributed by atoms with van der Waals surface area (Å²) in [5.74, 6) is -1.81. The highest BCUT2D eigenvalue weighted by molar-refractivity contribution is 5.89. The summed E-state index contributed by atoms with van der Waals surface area (Å²) < 4.78 is 11.6. The van der Waals surface area contributed by atoms with Crippen molar-refractivity contribution in [3.63, 3.8) is 0 Å². The topological polar surface area (TPSA) is 138 Å². The highest BCUT2D eigenvalue weighted by Gasteiger charge is 2.24. The number of carboxylic acid groups (broad SMARTS) is 2. The van der Waals surface area contributed by atoms with Crippen molar-refractivity contribution in [2.75, 3.05) is 6.54 Å². The number of nitrogens with zero attached hydrogens (tertiary/aromatic N) is 1. The minimum absolute atomic E-state index is 0.0513. The van der Waals surface area contributed by atoms with Crippen LogP contribution in [0.3, 0.4) is 0 Å². The average Bonchev–Trinajstić information content (AvgIpc) is 2.76. The summed E-state index contributed by atoms with van der Waals surface area (Å²) in [6.07, 6.45) is 0.0326. The Labute approximate surface area is 186 Å². The summed E-state index contributed by atoms with van der Waals surface area (Å²) in [7, 11) is 0. The molecule has 0 bridgehead atoms. The molecule has 2 atom stereocenters. The molecule has 1 aromatic carbocycles. The number of nitrogens with one attached hydrogen (secondary N) is 1. The molecule has 0 amide bonds. The highest BCUT2D eigenvalue weighted by atomic mass is 16.7. The molecule has 2 unspecified atom stereocenters. The monoisotopic (exact) mass is 444 g/mol. The van der Waals surface area contributed by atoms with Gasteiger partial charge in [-0.05, 0) is 32.9 Å². The molecule has 2 heterocycles. The molecule has 3 rings (SSSR count). The number of hydrogen-bond donors (Lipinski definition) is 4. The van der Waals surface area contributed by atoms with Crippen LogP contribution in [0.4, 0.5) is 0 Å². The summed E-state index contributed by atoms with van der Waals surface area (Å²) in [6, 6.07) is 13.5. The van der Waals surface area contributed by atoms with Crippen molar-refractivity contribution in [2.24, 2.45) is 0 Å². The smallest absolute Gasteiger partial charge is 0.328 e. The van der Waals surface area contributed by atoms with Gasteiger partial charge in [-0.15, -0.1) is 0 Å². The zero-order valence-electron chi connectivity index (χ0n) is 18.2.